The van der Waals surface area contributed by atoms with Gasteiger partial charge in [0, 0.05) is 7.05 Å². The highest BCUT2D eigenvalue weighted by Crippen LogP contribution is 2.21. The highest BCUT2D eigenvalue weighted by Gasteiger charge is 2.17. The van der Waals surface area contributed by atoms with Gasteiger partial charge in [0.1, 0.15) is 12.1 Å². The van der Waals surface area contributed by atoms with E-state index in [1.807, 2.05) is 14.0 Å². The minimum atomic E-state index is -0.209. The van der Waals surface area contributed by atoms with Crippen LogP contribution in [0.2, 0.25) is 0 Å². The van der Waals surface area contributed by atoms with Gasteiger partial charge >= 0.3 is 0 Å². The molecule has 0 aliphatic heterocycles. The fourth-order valence-corrected chi connectivity index (χ4v) is 1.52. The molecule has 2 heterocycles. The Morgan fingerprint density at radius 3 is 2.87 bits per heavy atom. The first kappa shape index (κ1) is 9.76. The van der Waals surface area contributed by atoms with E-state index in [1.54, 1.807) is 17.8 Å². The monoisotopic (exact) mass is 204 g/mol. The van der Waals surface area contributed by atoms with Gasteiger partial charge in [-0.25, -0.2) is 9.97 Å². The predicted molar refractivity (Wildman–Crippen MR) is 55.4 cm³/mol. The third-order valence-electron chi connectivity index (χ3n) is 2.58. The molecule has 0 bridgehead atoms. The van der Waals surface area contributed by atoms with Crippen molar-refractivity contribution in [3.05, 3.63) is 18.2 Å². The van der Waals surface area contributed by atoms with Crippen LogP contribution in [-0.4, -0.2) is 25.5 Å². The summed E-state index contributed by atoms with van der Waals surface area (Å²) in [5.41, 5.74) is 1.51. The highest BCUT2D eigenvalue weighted by atomic mass is 16.1. The van der Waals surface area contributed by atoms with E-state index in [-0.39, 0.29) is 11.7 Å². The summed E-state index contributed by atoms with van der Waals surface area (Å²) in [6.45, 7) is 3.41. The lowest BCUT2D eigenvalue weighted by molar-refractivity contribution is -0.118. The van der Waals surface area contributed by atoms with Crippen molar-refractivity contribution in [1.82, 2.24) is 19.7 Å². The van der Waals surface area contributed by atoms with Gasteiger partial charge in [-0.15, -0.1) is 0 Å². The predicted octanol–water partition coefficient (Wildman–Crippen LogP) is 1.06. The molecule has 0 fully saturated rings. The van der Waals surface area contributed by atoms with Crippen molar-refractivity contribution in [1.29, 1.82) is 0 Å². The van der Waals surface area contributed by atoms with Crippen LogP contribution in [0.4, 0.5) is 0 Å². The third kappa shape index (κ3) is 1.49. The van der Waals surface area contributed by atoms with Crippen LogP contribution in [0.15, 0.2) is 12.5 Å². The van der Waals surface area contributed by atoms with Crippen LogP contribution in [0, 0.1) is 0 Å². The first-order chi connectivity index (χ1) is 7.11. The first-order valence-corrected chi connectivity index (χ1v) is 4.74. The Bertz CT molecular complexity index is 517. The quantitative estimate of drug-likeness (QED) is 0.733. The van der Waals surface area contributed by atoms with E-state index in [2.05, 4.69) is 15.1 Å². The largest absolute Gasteiger partial charge is 0.299 e. The zero-order chi connectivity index (χ0) is 11.0. The summed E-state index contributed by atoms with van der Waals surface area (Å²) in [5.74, 6) is -0.112. The Morgan fingerprint density at radius 2 is 2.20 bits per heavy atom. The molecule has 5 heteroatoms. The lowest BCUT2D eigenvalue weighted by atomic mass is 10.0. The van der Waals surface area contributed by atoms with E-state index in [0.29, 0.717) is 0 Å². The van der Waals surface area contributed by atoms with Gasteiger partial charge in [0.25, 0.3) is 0 Å². The first-order valence-electron chi connectivity index (χ1n) is 4.74. The number of nitrogens with zero attached hydrogens (tertiary/aromatic N) is 4. The molecule has 2 aromatic rings. The lowest BCUT2D eigenvalue weighted by Crippen LogP contribution is -2.07. The number of carbonyl (C=O) groups excluding carboxylic acids is 1. The van der Waals surface area contributed by atoms with Crippen molar-refractivity contribution in [2.45, 2.75) is 19.8 Å². The molecular formula is C10H12N4O. The number of Topliss-reactive ketones (excluding diaryl/α,β-unsaturated/α-hetero) is 1. The number of carbonyl (C=O) groups is 1. The second-order valence-corrected chi connectivity index (χ2v) is 3.60. The Balaban J connectivity index is 2.66. The molecule has 0 saturated carbocycles. The fourth-order valence-electron chi connectivity index (χ4n) is 1.52. The number of hydrogen-bond donors (Lipinski definition) is 0. The lowest BCUT2D eigenvalue weighted by Gasteiger charge is -2.06. The van der Waals surface area contributed by atoms with Gasteiger partial charge in [0.05, 0.1) is 23.2 Å². The second-order valence-electron chi connectivity index (χ2n) is 3.60. The standard InChI is InChI=1S/C10H12N4O/c1-6(7(2)15)9-8-4-13-14(3)10(8)12-5-11-9/h4-6H,1-3H3. The van der Waals surface area contributed by atoms with Gasteiger partial charge in [0.2, 0.25) is 0 Å². The maximum atomic E-state index is 11.3. The van der Waals surface area contributed by atoms with Crippen molar-refractivity contribution in [3.63, 3.8) is 0 Å². The van der Waals surface area contributed by atoms with E-state index in [0.717, 1.165) is 16.7 Å². The average Bonchev–Trinajstić information content (AvgIpc) is 2.59. The van der Waals surface area contributed by atoms with Crippen molar-refractivity contribution < 1.29 is 4.79 Å². The Hall–Kier alpha value is -1.78. The molecule has 1 atom stereocenters. The van der Waals surface area contributed by atoms with Gasteiger partial charge in [-0.3, -0.25) is 9.48 Å². The van der Waals surface area contributed by atoms with Crippen molar-refractivity contribution in [2.24, 2.45) is 7.05 Å². The Kier molecular flexibility index (Phi) is 2.22. The minimum Gasteiger partial charge on any atom is -0.299 e. The second kappa shape index (κ2) is 3.42. The fraction of sp³-hybridized carbons (Fsp3) is 0.400. The zero-order valence-corrected chi connectivity index (χ0v) is 8.93. The molecule has 0 saturated heterocycles. The number of fused-ring (bicyclic) bond motifs is 1. The Labute approximate surface area is 87.1 Å². The maximum Gasteiger partial charge on any atom is 0.161 e. The van der Waals surface area contributed by atoms with Crippen molar-refractivity contribution in [3.8, 4) is 0 Å². The highest BCUT2D eigenvalue weighted by molar-refractivity contribution is 5.88. The SMILES string of the molecule is CC(=O)C(C)c1ncnc2c1cnn2C. The zero-order valence-electron chi connectivity index (χ0n) is 8.93. The molecule has 15 heavy (non-hydrogen) atoms. The van der Waals surface area contributed by atoms with Gasteiger partial charge in [-0.1, -0.05) is 0 Å². The van der Waals surface area contributed by atoms with E-state index >= 15 is 0 Å². The molecular weight excluding hydrogens is 192 g/mol. The molecule has 0 N–H and O–H groups in total. The molecule has 0 aromatic carbocycles. The number of aromatic nitrogens is 4. The van der Waals surface area contributed by atoms with Gasteiger partial charge < -0.3 is 0 Å². The summed E-state index contributed by atoms with van der Waals surface area (Å²) in [6, 6.07) is 0. The topological polar surface area (TPSA) is 60.7 Å². The summed E-state index contributed by atoms with van der Waals surface area (Å²) in [5, 5.41) is 4.95. The summed E-state index contributed by atoms with van der Waals surface area (Å²) >= 11 is 0. The van der Waals surface area contributed by atoms with Crippen LogP contribution in [-0.2, 0) is 11.8 Å². The van der Waals surface area contributed by atoms with Crippen LogP contribution in [0.1, 0.15) is 25.5 Å². The number of rotatable bonds is 2. The smallest absolute Gasteiger partial charge is 0.161 e. The molecule has 0 aliphatic rings. The maximum absolute atomic E-state index is 11.3. The molecule has 0 aliphatic carbocycles. The van der Waals surface area contributed by atoms with Crippen molar-refractivity contribution in [2.75, 3.05) is 0 Å². The molecule has 0 radical (unpaired) electrons. The normalized spacial score (nSPS) is 13.0. The third-order valence-corrected chi connectivity index (χ3v) is 2.58. The number of ketones is 1. The molecule has 0 spiro atoms. The molecule has 78 valence electrons. The van der Waals surface area contributed by atoms with Gasteiger partial charge in [-0.05, 0) is 13.8 Å². The van der Waals surface area contributed by atoms with E-state index < -0.39 is 0 Å². The summed E-state index contributed by atoms with van der Waals surface area (Å²) in [7, 11) is 1.82. The van der Waals surface area contributed by atoms with E-state index in [9.17, 15) is 4.79 Å². The number of hydrogen-bond acceptors (Lipinski definition) is 4. The van der Waals surface area contributed by atoms with E-state index in [1.165, 1.54) is 6.33 Å². The van der Waals surface area contributed by atoms with Crippen molar-refractivity contribution >= 4 is 16.8 Å². The van der Waals surface area contributed by atoms with Gasteiger partial charge in [0.15, 0.2) is 5.65 Å². The van der Waals surface area contributed by atoms with Crippen LogP contribution in [0.5, 0.6) is 0 Å². The van der Waals surface area contributed by atoms with Crippen LogP contribution in [0.3, 0.4) is 0 Å². The summed E-state index contributed by atoms with van der Waals surface area (Å²) in [6.07, 6.45) is 3.17. The van der Waals surface area contributed by atoms with Gasteiger partial charge in [-0.2, -0.15) is 5.10 Å². The summed E-state index contributed by atoms with van der Waals surface area (Å²) in [4.78, 5) is 19.6. The van der Waals surface area contributed by atoms with E-state index in [4.69, 9.17) is 0 Å². The van der Waals surface area contributed by atoms with Crippen LogP contribution < -0.4 is 0 Å². The molecule has 5 nitrogen and oxygen atoms in total. The molecule has 2 rings (SSSR count). The molecule has 1 unspecified atom stereocenters. The average molecular weight is 204 g/mol. The molecule has 0 amide bonds. The Morgan fingerprint density at radius 1 is 1.47 bits per heavy atom. The van der Waals surface area contributed by atoms with Crippen LogP contribution >= 0.6 is 0 Å². The summed E-state index contributed by atoms with van der Waals surface area (Å²) < 4.78 is 1.67. The molecule has 2 aromatic heterocycles. The number of aryl methyl sites for hydroxylation is 1. The minimum absolute atomic E-state index is 0.0962. The van der Waals surface area contributed by atoms with Crippen LogP contribution in [0.25, 0.3) is 11.0 Å².